The third-order valence-corrected chi connectivity index (χ3v) is 14.4. The number of hydrogen-bond acceptors (Lipinski definition) is 3. The first-order chi connectivity index (χ1) is 30.2. The first-order valence-corrected chi connectivity index (χ1v) is 22.4. The van der Waals surface area contributed by atoms with Crippen LogP contribution in [0.25, 0.3) is 95.6 Å². The summed E-state index contributed by atoms with van der Waals surface area (Å²) in [6, 6.07) is 82.4. The molecule has 0 saturated heterocycles. The fourth-order valence-corrected chi connectivity index (χ4v) is 11.5. The molecule has 10 aromatic carbocycles. The lowest BCUT2D eigenvalue weighted by Crippen LogP contribution is -2.10. The highest BCUT2D eigenvalue weighted by atomic mass is 32.1. The van der Waals surface area contributed by atoms with Gasteiger partial charge in [-0.15, -0.1) is 22.7 Å². The van der Waals surface area contributed by atoms with Gasteiger partial charge in [-0.05, 0) is 104 Å². The van der Waals surface area contributed by atoms with Gasteiger partial charge < -0.3 is 4.90 Å². The molecule has 2 aromatic heterocycles. The number of thiophene rings is 2. The van der Waals surface area contributed by atoms with Crippen LogP contribution in [0.4, 0.5) is 17.1 Å². The maximum atomic E-state index is 2.49. The minimum absolute atomic E-state index is 1.11. The smallest absolute Gasteiger partial charge is 0.0555 e. The average molecular weight is 812 g/mol. The van der Waals surface area contributed by atoms with Gasteiger partial charge in [0, 0.05) is 51.7 Å². The molecule has 0 atom stereocenters. The molecule has 1 nitrogen and oxygen atoms in total. The van der Waals surface area contributed by atoms with Crippen molar-refractivity contribution in [1.29, 1.82) is 0 Å². The summed E-state index contributed by atoms with van der Waals surface area (Å²) < 4.78 is 5.15. The van der Waals surface area contributed by atoms with Gasteiger partial charge in [-0.3, -0.25) is 0 Å². The summed E-state index contributed by atoms with van der Waals surface area (Å²) in [5, 5.41) is 7.60. The third-order valence-electron chi connectivity index (χ3n) is 12.1. The Morgan fingerprint density at radius 3 is 1.59 bits per heavy atom. The molecule has 0 aliphatic heterocycles. The molecule has 12 rings (SSSR count). The van der Waals surface area contributed by atoms with Crippen LogP contribution in [0.1, 0.15) is 0 Å². The van der Waals surface area contributed by atoms with Gasteiger partial charge in [-0.25, -0.2) is 0 Å². The summed E-state index contributed by atoms with van der Waals surface area (Å²) >= 11 is 3.77. The highest BCUT2D eigenvalue weighted by Crippen LogP contribution is 2.50. The van der Waals surface area contributed by atoms with Crippen LogP contribution in [0.15, 0.2) is 224 Å². The van der Waals surface area contributed by atoms with Crippen molar-refractivity contribution < 1.29 is 0 Å². The fourth-order valence-electron chi connectivity index (χ4n) is 9.11. The predicted octanol–water partition coefficient (Wildman–Crippen LogP) is 17.7. The topological polar surface area (TPSA) is 3.24 Å². The lowest BCUT2D eigenvalue weighted by Gasteiger charge is -2.27. The van der Waals surface area contributed by atoms with E-state index in [2.05, 4.69) is 229 Å². The SMILES string of the molecule is c1ccc(-c2ccc3c(c2)sc2ccc(N(c4ccc(-c5cccc6ccccc56)cc4)c4ccc(-c5ccccc5)c5sc6cc(-c7ccccc7)ccc6c45)cc23)cc1. The van der Waals surface area contributed by atoms with E-state index >= 15 is 0 Å². The van der Waals surface area contributed by atoms with E-state index in [9.17, 15) is 0 Å². The van der Waals surface area contributed by atoms with Crippen LogP contribution >= 0.6 is 22.7 Å². The normalized spacial score (nSPS) is 11.6. The molecule has 0 fully saturated rings. The Morgan fingerprint density at radius 2 is 0.869 bits per heavy atom. The van der Waals surface area contributed by atoms with Crippen LogP contribution in [0.3, 0.4) is 0 Å². The first-order valence-electron chi connectivity index (χ1n) is 20.7. The molecular formula is C58H37NS2. The van der Waals surface area contributed by atoms with Crippen LogP contribution < -0.4 is 4.90 Å². The number of hydrogen-bond donors (Lipinski definition) is 0. The second-order valence-corrected chi connectivity index (χ2v) is 17.8. The van der Waals surface area contributed by atoms with Crippen LogP contribution in [0.2, 0.25) is 0 Å². The van der Waals surface area contributed by atoms with E-state index in [1.807, 2.05) is 22.7 Å². The number of anilines is 3. The largest absolute Gasteiger partial charge is 0.310 e. The Hall–Kier alpha value is -7.30. The molecule has 0 saturated carbocycles. The number of benzene rings is 10. The van der Waals surface area contributed by atoms with Crippen LogP contribution in [0.5, 0.6) is 0 Å². The van der Waals surface area contributed by atoms with Crippen molar-refractivity contribution in [2.75, 3.05) is 4.90 Å². The van der Waals surface area contributed by atoms with E-state index in [0.29, 0.717) is 0 Å². The Balaban J connectivity index is 1.09. The molecule has 0 aliphatic rings. The highest BCUT2D eigenvalue weighted by molar-refractivity contribution is 7.26. The summed E-state index contributed by atoms with van der Waals surface area (Å²) in [4.78, 5) is 2.49. The minimum Gasteiger partial charge on any atom is -0.310 e. The Kier molecular flexibility index (Phi) is 8.62. The van der Waals surface area contributed by atoms with Gasteiger partial charge in [0.25, 0.3) is 0 Å². The zero-order valence-corrected chi connectivity index (χ0v) is 34.8. The lowest BCUT2D eigenvalue weighted by atomic mass is 9.97. The molecule has 61 heavy (non-hydrogen) atoms. The molecule has 0 radical (unpaired) electrons. The fraction of sp³-hybridized carbons (Fsp3) is 0. The summed E-state index contributed by atoms with van der Waals surface area (Å²) in [6.45, 7) is 0. The van der Waals surface area contributed by atoms with Gasteiger partial charge in [-0.2, -0.15) is 0 Å². The molecule has 0 spiro atoms. The van der Waals surface area contributed by atoms with E-state index in [4.69, 9.17) is 0 Å². The van der Waals surface area contributed by atoms with Crippen LogP contribution in [-0.4, -0.2) is 0 Å². The monoisotopic (exact) mass is 811 g/mol. The standard InChI is InChI=1S/C58H37NS2/c1-4-13-38(14-5-1)43-25-30-50-52-37-46(29-34-54(52)60-55(50)35-43)59(45-27-23-42(24-28-45)48-22-12-20-40-19-10-11-21-47(40)48)53-33-32-49(41-17-8-3-9-18-41)58-57(53)51-31-26-44(36-56(51)61-58)39-15-6-2-7-16-39/h1-37H. The first kappa shape index (κ1) is 35.6. The van der Waals surface area contributed by atoms with Gasteiger partial charge in [-0.1, -0.05) is 176 Å². The van der Waals surface area contributed by atoms with E-state index in [1.54, 1.807) is 0 Å². The quantitative estimate of drug-likeness (QED) is 0.155. The van der Waals surface area contributed by atoms with Crippen molar-refractivity contribution in [2.24, 2.45) is 0 Å². The van der Waals surface area contributed by atoms with E-state index in [0.717, 1.165) is 17.1 Å². The van der Waals surface area contributed by atoms with Crippen molar-refractivity contribution in [3.8, 4) is 44.5 Å². The van der Waals surface area contributed by atoms with Crippen LogP contribution in [0, 0.1) is 0 Å². The predicted molar refractivity (Wildman–Crippen MR) is 266 cm³/mol. The molecule has 0 N–H and O–H groups in total. The van der Waals surface area contributed by atoms with Crippen molar-refractivity contribution in [3.05, 3.63) is 224 Å². The maximum absolute atomic E-state index is 2.49. The molecule has 0 amide bonds. The molecule has 0 aliphatic carbocycles. The summed E-state index contributed by atoms with van der Waals surface area (Å²) in [7, 11) is 0. The van der Waals surface area contributed by atoms with Gasteiger partial charge in [0.15, 0.2) is 0 Å². The number of fused-ring (bicyclic) bond motifs is 7. The van der Waals surface area contributed by atoms with Crippen molar-refractivity contribution >= 4 is 90.9 Å². The summed E-state index contributed by atoms with van der Waals surface area (Å²) in [5.41, 5.74) is 13.3. The van der Waals surface area contributed by atoms with Crippen molar-refractivity contribution in [1.82, 2.24) is 0 Å². The lowest BCUT2D eigenvalue weighted by molar-refractivity contribution is 1.31. The zero-order valence-electron chi connectivity index (χ0n) is 33.1. The Labute approximate surface area is 362 Å². The van der Waals surface area contributed by atoms with E-state index in [1.165, 1.54) is 95.6 Å². The van der Waals surface area contributed by atoms with Gasteiger partial charge in [0.05, 0.1) is 5.69 Å². The maximum Gasteiger partial charge on any atom is 0.0555 e. The second-order valence-electron chi connectivity index (χ2n) is 15.6. The molecule has 3 heteroatoms. The molecule has 286 valence electrons. The molecule has 0 unspecified atom stereocenters. The minimum atomic E-state index is 1.11. The third kappa shape index (κ3) is 6.21. The average Bonchev–Trinajstić information content (AvgIpc) is 3.90. The number of nitrogens with zero attached hydrogens (tertiary/aromatic N) is 1. The highest BCUT2D eigenvalue weighted by Gasteiger charge is 2.22. The number of rotatable bonds is 7. The molecule has 12 aromatic rings. The Bertz CT molecular complexity index is 3560. The molecule has 2 heterocycles. The molecule has 0 bridgehead atoms. The Morgan fingerprint density at radius 1 is 0.295 bits per heavy atom. The van der Waals surface area contributed by atoms with E-state index < -0.39 is 0 Å². The van der Waals surface area contributed by atoms with Gasteiger partial charge in [0.2, 0.25) is 0 Å². The second kappa shape index (κ2) is 14.8. The summed E-state index contributed by atoms with van der Waals surface area (Å²) in [6.07, 6.45) is 0. The van der Waals surface area contributed by atoms with Gasteiger partial charge in [0.1, 0.15) is 0 Å². The van der Waals surface area contributed by atoms with Crippen LogP contribution in [-0.2, 0) is 0 Å². The summed E-state index contributed by atoms with van der Waals surface area (Å²) in [5.74, 6) is 0. The van der Waals surface area contributed by atoms with Crippen molar-refractivity contribution in [3.63, 3.8) is 0 Å². The van der Waals surface area contributed by atoms with Crippen molar-refractivity contribution in [2.45, 2.75) is 0 Å². The van der Waals surface area contributed by atoms with Gasteiger partial charge >= 0.3 is 0 Å². The van der Waals surface area contributed by atoms with E-state index in [-0.39, 0.29) is 0 Å². The zero-order chi connectivity index (χ0) is 40.3. The molecular weight excluding hydrogens is 775 g/mol.